The van der Waals surface area contributed by atoms with E-state index in [0.29, 0.717) is 35.4 Å². The van der Waals surface area contributed by atoms with E-state index in [2.05, 4.69) is 5.32 Å². The predicted octanol–water partition coefficient (Wildman–Crippen LogP) is 5.15. The van der Waals surface area contributed by atoms with Crippen molar-refractivity contribution >= 4 is 28.9 Å². The van der Waals surface area contributed by atoms with Crippen LogP contribution in [0, 0.1) is 5.82 Å². The smallest absolute Gasteiger partial charge is 0.162 e. The van der Waals surface area contributed by atoms with Crippen molar-refractivity contribution in [2.45, 2.75) is 13.5 Å². The van der Waals surface area contributed by atoms with E-state index in [1.165, 1.54) is 12.1 Å². The molecule has 0 aliphatic rings. The summed E-state index contributed by atoms with van der Waals surface area (Å²) in [6, 6.07) is 7.98. The number of nitrogens with one attached hydrogen (secondary N) is 1. The molecule has 0 spiro atoms. The molecular formula is C16H16Cl2FNO2. The lowest BCUT2D eigenvalue weighted by atomic mass is 10.2. The van der Waals surface area contributed by atoms with Crippen LogP contribution in [0.15, 0.2) is 30.3 Å². The minimum Gasteiger partial charge on any atom is -0.493 e. The average Bonchev–Trinajstić information content (AvgIpc) is 2.50. The highest BCUT2D eigenvalue weighted by atomic mass is 35.5. The number of rotatable bonds is 6. The molecular weight excluding hydrogens is 328 g/mol. The Labute approximate surface area is 138 Å². The normalized spacial score (nSPS) is 10.4. The van der Waals surface area contributed by atoms with Gasteiger partial charge in [-0.1, -0.05) is 23.2 Å². The molecule has 0 bridgehead atoms. The summed E-state index contributed by atoms with van der Waals surface area (Å²) in [6.07, 6.45) is 0. The molecule has 0 fully saturated rings. The summed E-state index contributed by atoms with van der Waals surface area (Å²) >= 11 is 12.0. The van der Waals surface area contributed by atoms with Crippen molar-refractivity contribution in [1.82, 2.24) is 0 Å². The topological polar surface area (TPSA) is 30.5 Å². The number of halogens is 3. The lowest BCUT2D eigenvalue weighted by molar-refractivity contribution is 0.310. The lowest BCUT2D eigenvalue weighted by Gasteiger charge is -2.14. The Balaban J connectivity index is 2.18. The quantitative estimate of drug-likeness (QED) is 0.786. The Morgan fingerprint density at radius 3 is 2.50 bits per heavy atom. The summed E-state index contributed by atoms with van der Waals surface area (Å²) in [4.78, 5) is 0. The number of hydrogen-bond donors (Lipinski definition) is 1. The highest BCUT2D eigenvalue weighted by Gasteiger charge is 2.10. The van der Waals surface area contributed by atoms with Crippen LogP contribution >= 0.6 is 23.2 Å². The van der Waals surface area contributed by atoms with Crippen LogP contribution in [0.3, 0.4) is 0 Å². The van der Waals surface area contributed by atoms with Crippen LogP contribution < -0.4 is 14.8 Å². The summed E-state index contributed by atoms with van der Waals surface area (Å²) in [5.41, 5.74) is 1.54. The third-order valence-electron chi connectivity index (χ3n) is 3.04. The van der Waals surface area contributed by atoms with Crippen LogP contribution in [0.1, 0.15) is 12.5 Å². The van der Waals surface area contributed by atoms with Gasteiger partial charge in [-0.25, -0.2) is 4.39 Å². The van der Waals surface area contributed by atoms with E-state index in [-0.39, 0.29) is 5.02 Å². The SMILES string of the molecule is CCOc1cc(CNc2ccc(F)c(Cl)c2)c(Cl)cc1OC. The van der Waals surface area contributed by atoms with Crippen molar-refractivity contribution in [1.29, 1.82) is 0 Å². The first-order chi connectivity index (χ1) is 10.5. The van der Waals surface area contributed by atoms with E-state index in [1.54, 1.807) is 19.2 Å². The second-order valence-electron chi connectivity index (χ2n) is 4.51. The molecule has 6 heteroatoms. The molecule has 0 saturated carbocycles. The van der Waals surface area contributed by atoms with Gasteiger partial charge in [-0.3, -0.25) is 0 Å². The second kappa shape index (κ2) is 7.56. The molecule has 0 saturated heterocycles. The van der Waals surface area contributed by atoms with Gasteiger partial charge >= 0.3 is 0 Å². The molecule has 1 N–H and O–H groups in total. The van der Waals surface area contributed by atoms with Crippen LogP contribution in [0.25, 0.3) is 0 Å². The van der Waals surface area contributed by atoms with Gasteiger partial charge in [0.25, 0.3) is 0 Å². The third kappa shape index (κ3) is 3.96. The van der Waals surface area contributed by atoms with Crippen LogP contribution in [0.5, 0.6) is 11.5 Å². The van der Waals surface area contributed by atoms with Gasteiger partial charge in [0.05, 0.1) is 18.7 Å². The Kier molecular flexibility index (Phi) is 5.75. The highest BCUT2D eigenvalue weighted by molar-refractivity contribution is 6.31. The number of ether oxygens (including phenoxy) is 2. The molecule has 0 aliphatic carbocycles. The fraction of sp³-hybridized carbons (Fsp3) is 0.250. The summed E-state index contributed by atoms with van der Waals surface area (Å²) in [5.74, 6) is 0.761. The molecule has 22 heavy (non-hydrogen) atoms. The summed E-state index contributed by atoms with van der Waals surface area (Å²) in [5, 5.41) is 3.77. The van der Waals surface area contributed by atoms with E-state index in [0.717, 1.165) is 5.56 Å². The summed E-state index contributed by atoms with van der Waals surface area (Å²) in [7, 11) is 1.56. The van der Waals surface area contributed by atoms with Crippen LogP contribution in [-0.4, -0.2) is 13.7 Å². The van der Waals surface area contributed by atoms with Gasteiger partial charge in [-0.15, -0.1) is 0 Å². The van der Waals surface area contributed by atoms with E-state index >= 15 is 0 Å². The van der Waals surface area contributed by atoms with Crippen molar-refractivity contribution in [3.8, 4) is 11.5 Å². The van der Waals surface area contributed by atoms with Gasteiger partial charge in [0.1, 0.15) is 5.82 Å². The van der Waals surface area contributed by atoms with E-state index < -0.39 is 5.82 Å². The first kappa shape index (κ1) is 16.7. The average molecular weight is 344 g/mol. The third-order valence-corrected chi connectivity index (χ3v) is 3.68. The molecule has 0 radical (unpaired) electrons. The van der Waals surface area contributed by atoms with Crippen molar-refractivity contribution in [2.24, 2.45) is 0 Å². The molecule has 3 nitrogen and oxygen atoms in total. The molecule has 118 valence electrons. The van der Waals surface area contributed by atoms with Gasteiger partial charge in [0.2, 0.25) is 0 Å². The Bertz CT molecular complexity index is 665. The molecule has 0 aliphatic heterocycles. The molecule has 0 amide bonds. The molecule has 2 aromatic carbocycles. The van der Waals surface area contributed by atoms with Crippen LogP contribution in [-0.2, 0) is 6.54 Å². The zero-order valence-corrected chi connectivity index (χ0v) is 13.8. The van der Waals surface area contributed by atoms with Crippen LogP contribution in [0.2, 0.25) is 10.0 Å². The Morgan fingerprint density at radius 1 is 1.09 bits per heavy atom. The maximum absolute atomic E-state index is 13.1. The van der Waals surface area contributed by atoms with Gasteiger partial charge in [-0.2, -0.15) is 0 Å². The Morgan fingerprint density at radius 2 is 1.86 bits per heavy atom. The molecule has 2 rings (SSSR count). The number of hydrogen-bond acceptors (Lipinski definition) is 3. The second-order valence-corrected chi connectivity index (χ2v) is 5.32. The first-order valence-corrected chi connectivity index (χ1v) is 7.48. The van der Waals surface area contributed by atoms with Crippen molar-refractivity contribution < 1.29 is 13.9 Å². The van der Waals surface area contributed by atoms with Gasteiger partial charge in [0.15, 0.2) is 11.5 Å². The molecule has 0 heterocycles. The van der Waals surface area contributed by atoms with Crippen molar-refractivity contribution in [2.75, 3.05) is 19.0 Å². The number of methoxy groups -OCH3 is 1. The number of benzene rings is 2. The van der Waals surface area contributed by atoms with Crippen LogP contribution in [0.4, 0.5) is 10.1 Å². The predicted molar refractivity (Wildman–Crippen MR) is 87.9 cm³/mol. The minimum atomic E-state index is -0.451. The van der Waals surface area contributed by atoms with E-state index in [1.807, 2.05) is 13.0 Å². The van der Waals surface area contributed by atoms with Crippen molar-refractivity contribution in [3.05, 3.63) is 51.8 Å². The maximum Gasteiger partial charge on any atom is 0.162 e. The van der Waals surface area contributed by atoms with Gasteiger partial charge in [0, 0.05) is 23.3 Å². The lowest BCUT2D eigenvalue weighted by Crippen LogP contribution is -2.03. The molecule has 0 unspecified atom stereocenters. The molecule has 2 aromatic rings. The molecule has 0 aromatic heterocycles. The van der Waals surface area contributed by atoms with E-state index in [9.17, 15) is 4.39 Å². The highest BCUT2D eigenvalue weighted by Crippen LogP contribution is 2.33. The number of anilines is 1. The largest absolute Gasteiger partial charge is 0.493 e. The van der Waals surface area contributed by atoms with Gasteiger partial charge in [-0.05, 0) is 36.8 Å². The minimum absolute atomic E-state index is 0.0702. The summed E-state index contributed by atoms with van der Waals surface area (Å²) in [6.45, 7) is 2.87. The Hall–Kier alpha value is -1.65. The summed E-state index contributed by atoms with van der Waals surface area (Å²) < 4.78 is 23.9. The fourth-order valence-corrected chi connectivity index (χ4v) is 2.34. The first-order valence-electron chi connectivity index (χ1n) is 6.73. The zero-order valence-electron chi connectivity index (χ0n) is 12.3. The zero-order chi connectivity index (χ0) is 16.1. The fourth-order valence-electron chi connectivity index (χ4n) is 1.94. The monoisotopic (exact) mass is 343 g/mol. The van der Waals surface area contributed by atoms with Gasteiger partial charge < -0.3 is 14.8 Å². The maximum atomic E-state index is 13.1. The molecule has 0 atom stereocenters. The standard InChI is InChI=1S/C16H16Cl2FNO2/c1-3-22-16-6-10(12(17)8-15(16)21-2)9-20-11-4-5-14(19)13(18)7-11/h4-8,20H,3,9H2,1-2H3. The van der Waals surface area contributed by atoms with E-state index in [4.69, 9.17) is 32.7 Å². The van der Waals surface area contributed by atoms with Crippen molar-refractivity contribution in [3.63, 3.8) is 0 Å².